The third-order valence-corrected chi connectivity index (χ3v) is 4.28. The normalized spacial score (nSPS) is 10.9. The SMILES string of the molecule is Cc1cc(C(=O)CSc2nnc(CO)n2C)c(Cl)cc1F. The van der Waals surface area contributed by atoms with E-state index in [0.29, 0.717) is 16.5 Å². The zero-order valence-corrected chi connectivity index (χ0v) is 13.0. The number of aromatic nitrogens is 3. The quantitative estimate of drug-likeness (QED) is 0.674. The average Bonchev–Trinajstić information content (AvgIpc) is 2.80. The third-order valence-electron chi connectivity index (χ3n) is 2.95. The van der Waals surface area contributed by atoms with Gasteiger partial charge in [0.15, 0.2) is 16.8 Å². The second-order valence-electron chi connectivity index (χ2n) is 4.41. The Labute approximate surface area is 130 Å². The number of Topliss-reactive ketones (excluding diaryl/α,β-unsaturated/α-hetero) is 1. The van der Waals surface area contributed by atoms with Crippen molar-refractivity contribution in [3.05, 3.63) is 39.9 Å². The van der Waals surface area contributed by atoms with E-state index in [2.05, 4.69) is 10.2 Å². The molecule has 8 heteroatoms. The van der Waals surface area contributed by atoms with E-state index >= 15 is 0 Å². The van der Waals surface area contributed by atoms with Crippen molar-refractivity contribution in [2.45, 2.75) is 18.7 Å². The highest BCUT2D eigenvalue weighted by Gasteiger charge is 2.16. The van der Waals surface area contributed by atoms with Gasteiger partial charge in [-0.3, -0.25) is 4.79 Å². The van der Waals surface area contributed by atoms with Crippen molar-refractivity contribution in [2.24, 2.45) is 7.05 Å². The Hall–Kier alpha value is -1.44. The van der Waals surface area contributed by atoms with E-state index in [1.165, 1.54) is 17.8 Å². The minimum absolute atomic E-state index is 0.0951. The summed E-state index contributed by atoms with van der Waals surface area (Å²) in [4.78, 5) is 12.2. The van der Waals surface area contributed by atoms with E-state index in [1.54, 1.807) is 18.5 Å². The summed E-state index contributed by atoms with van der Waals surface area (Å²) in [5.74, 6) is -0.144. The van der Waals surface area contributed by atoms with E-state index in [-0.39, 0.29) is 28.7 Å². The highest BCUT2D eigenvalue weighted by molar-refractivity contribution is 7.99. The Morgan fingerprint density at radius 3 is 2.81 bits per heavy atom. The van der Waals surface area contributed by atoms with Gasteiger partial charge < -0.3 is 9.67 Å². The number of carbonyl (C=O) groups excluding carboxylic acids is 1. The van der Waals surface area contributed by atoms with Crippen LogP contribution in [0.3, 0.4) is 0 Å². The zero-order chi connectivity index (χ0) is 15.6. The van der Waals surface area contributed by atoms with Crippen molar-refractivity contribution in [1.82, 2.24) is 14.8 Å². The number of aliphatic hydroxyl groups is 1. The number of rotatable bonds is 5. The molecule has 2 rings (SSSR count). The molecule has 21 heavy (non-hydrogen) atoms. The lowest BCUT2D eigenvalue weighted by molar-refractivity contribution is 0.102. The summed E-state index contributed by atoms with van der Waals surface area (Å²) in [5, 5.41) is 17.3. The molecule has 0 unspecified atom stereocenters. The highest BCUT2D eigenvalue weighted by Crippen LogP contribution is 2.24. The van der Waals surface area contributed by atoms with Crippen LogP contribution in [0.15, 0.2) is 17.3 Å². The number of benzene rings is 1. The van der Waals surface area contributed by atoms with Gasteiger partial charge in [-0.25, -0.2) is 4.39 Å². The minimum Gasteiger partial charge on any atom is -0.388 e. The Balaban J connectivity index is 2.12. The average molecular weight is 330 g/mol. The molecule has 5 nitrogen and oxygen atoms in total. The number of aliphatic hydroxyl groups excluding tert-OH is 1. The molecule has 0 aliphatic heterocycles. The molecule has 0 aliphatic carbocycles. The molecule has 1 N–H and O–H groups in total. The molecule has 0 bridgehead atoms. The first-order valence-electron chi connectivity index (χ1n) is 6.04. The fourth-order valence-electron chi connectivity index (χ4n) is 1.69. The van der Waals surface area contributed by atoms with Crippen LogP contribution in [-0.2, 0) is 13.7 Å². The standard InChI is InChI=1S/C13H13ClFN3O2S/c1-7-3-8(9(14)4-10(7)15)11(20)6-21-13-17-16-12(5-19)18(13)2/h3-4,19H,5-6H2,1-2H3. The lowest BCUT2D eigenvalue weighted by Gasteiger charge is -2.06. The van der Waals surface area contributed by atoms with Crippen LogP contribution >= 0.6 is 23.4 Å². The fourth-order valence-corrected chi connectivity index (χ4v) is 2.76. The number of carbonyl (C=O) groups is 1. The summed E-state index contributed by atoms with van der Waals surface area (Å²) in [6.07, 6.45) is 0. The number of halogens is 2. The molecule has 1 aromatic carbocycles. The Morgan fingerprint density at radius 1 is 1.48 bits per heavy atom. The molecule has 1 heterocycles. The van der Waals surface area contributed by atoms with Crippen molar-refractivity contribution >= 4 is 29.1 Å². The third kappa shape index (κ3) is 3.42. The van der Waals surface area contributed by atoms with E-state index in [4.69, 9.17) is 16.7 Å². The zero-order valence-electron chi connectivity index (χ0n) is 11.4. The predicted octanol–water partition coefficient (Wildman–Crippen LogP) is 2.38. The maximum Gasteiger partial charge on any atom is 0.191 e. The predicted molar refractivity (Wildman–Crippen MR) is 78.1 cm³/mol. The second-order valence-corrected chi connectivity index (χ2v) is 5.76. The van der Waals surface area contributed by atoms with Crippen LogP contribution in [0.25, 0.3) is 0 Å². The summed E-state index contributed by atoms with van der Waals surface area (Å²) < 4.78 is 14.9. The first kappa shape index (κ1) is 15.9. The van der Waals surface area contributed by atoms with Gasteiger partial charge in [0.05, 0.1) is 10.8 Å². The summed E-state index contributed by atoms with van der Waals surface area (Å²) in [7, 11) is 1.70. The summed E-state index contributed by atoms with van der Waals surface area (Å²) in [5.41, 5.74) is 0.654. The lowest BCUT2D eigenvalue weighted by atomic mass is 10.1. The topological polar surface area (TPSA) is 68.0 Å². The van der Waals surface area contributed by atoms with Gasteiger partial charge in [-0.2, -0.15) is 0 Å². The molecular formula is C13H13ClFN3O2S. The molecule has 112 valence electrons. The molecule has 0 aliphatic rings. The number of ketones is 1. The van der Waals surface area contributed by atoms with E-state index in [1.807, 2.05) is 0 Å². The van der Waals surface area contributed by atoms with E-state index in [0.717, 1.165) is 6.07 Å². The molecule has 0 radical (unpaired) electrons. The van der Waals surface area contributed by atoms with Crippen LogP contribution in [-0.4, -0.2) is 31.4 Å². The second kappa shape index (κ2) is 6.55. The van der Waals surface area contributed by atoms with E-state index in [9.17, 15) is 9.18 Å². The number of hydrogen-bond acceptors (Lipinski definition) is 5. The molecule has 0 amide bonds. The van der Waals surface area contributed by atoms with Crippen molar-refractivity contribution in [1.29, 1.82) is 0 Å². The Morgan fingerprint density at radius 2 is 2.19 bits per heavy atom. The van der Waals surface area contributed by atoms with Gasteiger partial charge in [0.1, 0.15) is 12.4 Å². The first-order chi connectivity index (χ1) is 9.93. The minimum atomic E-state index is -0.440. The van der Waals surface area contributed by atoms with Crippen LogP contribution in [0.2, 0.25) is 5.02 Å². The van der Waals surface area contributed by atoms with Crippen molar-refractivity contribution in [3.63, 3.8) is 0 Å². The van der Waals surface area contributed by atoms with Crippen LogP contribution < -0.4 is 0 Å². The van der Waals surface area contributed by atoms with E-state index < -0.39 is 5.82 Å². The van der Waals surface area contributed by atoms with Crippen LogP contribution in [0.5, 0.6) is 0 Å². The highest BCUT2D eigenvalue weighted by atomic mass is 35.5. The van der Waals surface area contributed by atoms with Gasteiger partial charge in [0, 0.05) is 12.6 Å². The van der Waals surface area contributed by atoms with Gasteiger partial charge in [-0.05, 0) is 24.6 Å². The largest absolute Gasteiger partial charge is 0.388 e. The van der Waals surface area contributed by atoms with Crippen molar-refractivity contribution < 1.29 is 14.3 Å². The Kier molecular flexibility index (Phi) is 4.97. The number of aryl methyl sites for hydroxylation is 1. The Bertz CT molecular complexity index is 690. The molecule has 1 aromatic heterocycles. The van der Waals surface area contributed by atoms with Gasteiger partial charge in [-0.1, -0.05) is 23.4 Å². The smallest absolute Gasteiger partial charge is 0.191 e. The number of thioether (sulfide) groups is 1. The summed E-state index contributed by atoms with van der Waals surface area (Å²) in [6.45, 7) is 1.35. The number of hydrogen-bond donors (Lipinski definition) is 1. The van der Waals surface area contributed by atoms with Crippen LogP contribution in [0.1, 0.15) is 21.7 Å². The maximum absolute atomic E-state index is 13.3. The number of nitrogens with zero attached hydrogens (tertiary/aromatic N) is 3. The molecule has 0 atom stereocenters. The van der Waals surface area contributed by atoms with Gasteiger partial charge >= 0.3 is 0 Å². The first-order valence-corrected chi connectivity index (χ1v) is 7.41. The monoisotopic (exact) mass is 329 g/mol. The lowest BCUT2D eigenvalue weighted by Crippen LogP contribution is -2.06. The molecule has 0 saturated heterocycles. The van der Waals surface area contributed by atoms with Crippen LogP contribution in [0.4, 0.5) is 4.39 Å². The molecule has 0 fully saturated rings. The molecular weight excluding hydrogens is 317 g/mol. The molecule has 2 aromatic rings. The van der Waals surface area contributed by atoms with Gasteiger partial charge in [0.2, 0.25) is 0 Å². The van der Waals surface area contributed by atoms with Crippen molar-refractivity contribution in [2.75, 3.05) is 5.75 Å². The van der Waals surface area contributed by atoms with Crippen LogP contribution in [0, 0.1) is 12.7 Å². The summed E-state index contributed by atoms with van der Waals surface area (Å²) >= 11 is 7.08. The summed E-state index contributed by atoms with van der Waals surface area (Å²) in [6, 6.07) is 2.58. The molecule has 0 spiro atoms. The molecule has 0 saturated carbocycles. The van der Waals surface area contributed by atoms with Crippen molar-refractivity contribution in [3.8, 4) is 0 Å². The van der Waals surface area contributed by atoms with Gasteiger partial charge in [-0.15, -0.1) is 10.2 Å². The van der Waals surface area contributed by atoms with Gasteiger partial charge in [0.25, 0.3) is 0 Å². The fraction of sp³-hybridized carbons (Fsp3) is 0.308. The maximum atomic E-state index is 13.3.